The Morgan fingerprint density at radius 3 is 2.42 bits per heavy atom. The summed E-state index contributed by atoms with van der Waals surface area (Å²) in [7, 11) is 1.36. The lowest BCUT2D eigenvalue weighted by atomic mass is 9.86. The average Bonchev–Trinajstić information content (AvgIpc) is 2.25. The smallest absolute Gasteiger partial charge is 0.313 e. The number of nitro benzene ring substituents is 1. The predicted molar refractivity (Wildman–Crippen MR) is 78.8 cm³/mol. The topological polar surface area (TPSA) is 90.4 Å². The largest absolute Gasteiger partial charge is 0.489 e. The minimum absolute atomic E-state index is 0.0265. The summed E-state index contributed by atoms with van der Waals surface area (Å²) in [6, 6.07) is 3.26. The van der Waals surface area contributed by atoms with E-state index in [-0.39, 0.29) is 22.0 Å². The lowest BCUT2D eigenvalue weighted by Gasteiger charge is -2.21. The summed E-state index contributed by atoms with van der Waals surface area (Å²) in [5.41, 5.74) is 6.25. The van der Waals surface area contributed by atoms with Crippen LogP contribution in [-0.2, 0) is 5.41 Å². The van der Waals surface area contributed by atoms with Crippen LogP contribution in [0.25, 0.3) is 0 Å². The molecule has 1 aromatic carbocycles. The summed E-state index contributed by atoms with van der Waals surface area (Å²) in [5, 5.41) is 13.9. The highest BCUT2D eigenvalue weighted by atomic mass is 32.1. The van der Waals surface area contributed by atoms with Crippen LogP contribution in [0.3, 0.4) is 0 Å². The Bertz CT molecular complexity index is 524. The lowest BCUT2D eigenvalue weighted by molar-refractivity contribution is -0.385. The maximum Gasteiger partial charge on any atom is 0.313 e. The van der Waals surface area contributed by atoms with Crippen molar-refractivity contribution < 1.29 is 9.66 Å². The molecule has 6 nitrogen and oxygen atoms in total. The van der Waals surface area contributed by atoms with Gasteiger partial charge in [0, 0.05) is 6.07 Å². The molecule has 0 radical (unpaired) electrons. The fraction of sp³-hybridized carbons (Fsp3) is 0.417. The number of nitrogens with one attached hydrogen (secondary N) is 1. The number of anilines is 1. The summed E-state index contributed by atoms with van der Waals surface area (Å²) in [5.74, 6) is 0.116. The third-order valence-corrected chi connectivity index (χ3v) is 2.70. The van der Waals surface area contributed by atoms with Crippen LogP contribution < -0.4 is 15.8 Å². The van der Waals surface area contributed by atoms with E-state index in [1.807, 2.05) is 20.8 Å². The second-order valence-electron chi connectivity index (χ2n) is 5.07. The first-order chi connectivity index (χ1) is 8.66. The number of thiocarbonyl (C=S) groups is 1. The molecule has 0 unspecified atom stereocenters. The maximum absolute atomic E-state index is 11.1. The Morgan fingerprint density at radius 1 is 1.47 bits per heavy atom. The van der Waals surface area contributed by atoms with Gasteiger partial charge in [0.2, 0.25) is 5.75 Å². The first-order valence-electron chi connectivity index (χ1n) is 5.60. The van der Waals surface area contributed by atoms with E-state index in [1.54, 1.807) is 6.07 Å². The molecule has 3 N–H and O–H groups in total. The summed E-state index contributed by atoms with van der Waals surface area (Å²) in [6.07, 6.45) is 0. The molecule has 7 heteroatoms. The average molecular weight is 283 g/mol. The number of nitrogens with zero attached hydrogens (tertiary/aromatic N) is 1. The van der Waals surface area contributed by atoms with Gasteiger partial charge >= 0.3 is 5.69 Å². The summed E-state index contributed by atoms with van der Waals surface area (Å²) in [6.45, 7) is 5.88. The number of nitro groups is 1. The van der Waals surface area contributed by atoms with Crippen molar-refractivity contribution in [1.82, 2.24) is 0 Å². The van der Waals surface area contributed by atoms with Gasteiger partial charge in [-0.05, 0) is 29.3 Å². The van der Waals surface area contributed by atoms with Crippen LogP contribution in [0.2, 0.25) is 0 Å². The molecule has 0 bridgehead atoms. The molecule has 0 aliphatic heterocycles. The minimum Gasteiger partial charge on any atom is -0.489 e. The molecule has 104 valence electrons. The number of hydrogen-bond donors (Lipinski definition) is 2. The highest BCUT2D eigenvalue weighted by molar-refractivity contribution is 7.80. The van der Waals surface area contributed by atoms with Crippen LogP contribution in [0.1, 0.15) is 26.3 Å². The van der Waals surface area contributed by atoms with Gasteiger partial charge < -0.3 is 15.8 Å². The van der Waals surface area contributed by atoms with Crippen molar-refractivity contribution in [3.05, 3.63) is 27.8 Å². The van der Waals surface area contributed by atoms with Crippen LogP contribution in [0.5, 0.6) is 5.75 Å². The molecule has 0 spiro atoms. The Morgan fingerprint density at radius 2 is 2.05 bits per heavy atom. The molecule has 0 aliphatic rings. The summed E-state index contributed by atoms with van der Waals surface area (Å²) < 4.78 is 5.09. The predicted octanol–water partition coefficient (Wildman–Crippen LogP) is 2.56. The number of benzene rings is 1. The van der Waals surface area contributed by atoms with Crippen molar-refractivity contribution in [3.63, 3.8) is 0 Å². The molecular weight excluding hydrogens is 266 g/mol. The van der Waals surface area contributed by atoms with E-state index in [2.05, 4.69) is 5.32 Å². The molecule has 0 saturated carbocycles. The van der Waals surface area contributed by atoms with E-state index in [0.717, 1.165) is 5.56 Å². The molecule has 1 aromatic rings. The molecule has 0 heterocycles. The number of hydrogen-bond acceptors (Lipinski definition) is 4. The van der Waals surface area contributed by atoms with Crippen molar-refractivity contribution >= 4 is 28.7 Å². The standard InChI is InChI=1S/C12H17N3O3S/c1-12(2,3)7-5-8(14-11(13)19)10(18-4)9(6-7)15(16)17/h5-6H,1-4H3,(H3,13,14,19). The maximum atomic E-state index is 11.1. The minimum atomic E-state index is -0.487. The van der Waals surface area contributed by atoms with Gasteiger partial charge in [0.1, 0.15) is 0 Å². The van der Waals surface area contributed by atoms with E-state index in [1.165, 1.54) is 13.2 Å². The van der Waals surface area contributed by atoms with E-state index in [9.17, 15) is 10.1 Å². The number of methoxy groups -OCH3 is 1. The van der Waals surface area contributed by atoms with Crippen LogP contribution in [-0.4, -0.2) is 17.1 Å². The summed E-state index contributed by atoms with van der Waals surface area (Å²) >= 11 is 4.77. The molecule has 0 aromatic heterocycles. The zero-order chi connectivity index (χ0) is 14.8. The molecule has 0 atom stereocenters. The van der Waals surface area contributed by atoms with Crippen molar-refractivity contribution in [2.75, 3.05) is 12.4 Å². The Hall–Kier alpha value is -1.89. The first-order valence-corrected chi connectivity index (χ1v) is 6.01. The first kappa shape index (κ1) is 15.2. The van der Waals surface area contributed by atoms with Gasteiger partial charge in [0.15, 0.2) is 5.11 Å². The van der Waals surface area contributed by atoms with Gasteiger partial charge in [-0.3, -0.25) is 10.1 Å². The van der Waals surface area contributed by atoms with Crippen LogP contribution in [0.15, 0.2) is 12.1 Å². The van der Waals surface area contributed by atoms with Crippen molar-refractivity contribution in [2.45, 2.75) is 26.2 Å². The summed E-state index contributed by atoms with van der Waals surface area (Å²) in [4.78, 5) is 10.6. The van der Waals surface area contributed by atoms with Crippen LogP contribution in [0, 0.1) is 10.1 Å². The van der Waals surface area contributed by atoms with Gasteiger partial charge in [0.25, 0.3) is 0 Å². The zero-order valence-electron chi connectivity index (χ0n) is 11.3. The Labute approximate surface area is 117 Å². The van der Waals surface area contributed by atoms with Crippen molar-refractivity contribution in [1.29, 1.82) is 0 Å². The van der Waals surface area contributed by atoms with Gasteiger partial charge in [-0.15, -0.1) is 0 Å². The SMILES string of the molecule is COc1c(NC(N)=S)cc(C(C)(C)C)cc1[N+](=O)[O-]. The number of ether oxygens (including phenoxy) is 1. The number of rotatable bonds is 3. The third-order valence-electron chi connectivity index (χ3n) is 2.59. The van der Waals surface area contributed by atoms with Crippen molar-refractivity contribution in [3.8, 4) is 5.75 Å². The Balaban J connectivity index is 3.54. The van der Waals surface area contributed by atoms with E-state index in [4.69, 9.17) is 22.7 Å². The fourth-order valence-electron chi connectivity index (χ4n) is 1.62. The highest BCUT2D eigenvalue weighted by Crippen LogP contribution is 2.39. The van der Waals surface area contributed by atoms with Crippen LogP contribution >= 0.6 is 12.2 Å². The molecule has 0 saturated heterocycles. The molecule has 0 aliphatic carbocycles. The van der Waals surface area contributed by atoms with E-state index < -0.39 is 4.92 Å². The van der Waals surface area contributed by atoms with Crippen LogP contribution in [0.4, 0.5) is 11.4 Å². The fourth-order valence-corrected chi connectivity index (χ4v) is 1.73. The molecule has 19 heavy (non-hydrogen) atoms. The second-order valence-corrected chi connectivity index (χ2v) is 5.51. The molecule has 0 fully saturated rings. The second kappa shape index (κ2) is 5.40. The van der Waals surface area contributed by atoms with Gasteiger partial charge in [-0.1, -0.05) is 20.8 Å². The third kappa shape index (κ3) is 3.54. The lowest BCUT2D eigenvalue weighted by Crippen LogP contribution is -2.20. The van der Waals surface area contributed by atoms with Crippen molar-refractivity contribution in [2.24, 2.45) is 5.73 Å². The van der Waals surface area contributed by atoms with Gasteiger partial charge in [-0.25, -0.2) is 0 Å². The quantitative estimate of drug-likeness (QED) is 0.503. The van der Waals surface area contributed by atoms with E-state index in [0.29, 0.717) is 5.69 Å². The zero-order valence-corrected chi connectivity index (χ0v) is 12.1. The monoisotopic (exact) mass is 283 g/mol. The highest BCUT2D eigenvalue weighted by Gasteiger charge is 2.25. The Kier molecular flexibility index (Phi) is 4.31. The molecular formula is C12H17N3O3S. The van der Waals surface area contributed by atoms with Gasteiger partial charge in [0.05, 0.1) is 17.7 Å². The molecule has 0 amide bonds. The van der Waals surface area contributed by atoms with Gasteiger partial charge in [-0.2, -0.15) is 0 Å². The number of nitrogens with two attached hydrogens (primary N) is 1. The molecule has 1 rings (SSSR count). The normalized spacial score (nSPS) is 10.9. The van der Waals surface area contributed by atoms with E-state index >= 15 is 0 Å².